The van der Waals surface area contributed by atoms with Crippen molar-refractivity contribution < 1.29 is 9.53 Å². The molecule has 2 N–H and O–H groups in total. The lowest BCUT2D eigenvalue weighted by Crippen LogP contribution is -2.20. The first-order valence-corrected chi connectivity index (χ1v) is 7.79. The number of benzene rings is 2. The Kier molecular flexibility index (Phi) is 4.22. The number of para-hydroxylation sites is 2. The molecule has 3 aromatic rings. The van der Waals surface area contributed by atoms with Gasteiger partial charge < -0.3 is 15.4 Å². The zero-order chi connectivity index (χ0) is 18.1. The van der Waals surface area contributed by atoms with Crippen LogP contribution in [-0.2, 0) is 14.1 Å². The number of aryl methyl sites for hydroxylation is 3. The molecule has 0 bridgehead atoms. The maximum Gasteiger partial charge on any atom is 0.328 e. The standard InChI is InChI=1S/C18H20N4O3/c1-11-9-14-15(22(3)18(24)21(14)2)10-13(11)20-17(23)19-12-7-5-6-8-16(12)25-4/h5-10H,1-4H3,(H2,19,20,23). The van der Waals surface area contributed by atoms with Crippen molar-refractivity contribution in [1.29, 1.82) is 0 Å². The SMILES string of the molecule is COc1ccccc1NC(=O)Nc1cc2c(cc1C)n(C)c(=O)n2C. The lowest BCUT2D eigenvalue weighted by atomic mass is 10.1. The van der Waals surface area contributed by atoms with Crippen LogP contribution in [0.2, 0.25) is 0 Å². The summed E-state index contributed by atoms with van der Waals surface area (Å²) in [6, 6.07) is 10.5. The van der Waals surface area contributed by atoms with Gasteiger partial charge in [-0.25, -0.2) is 9.59 Å². The summed E-state index contributed by atoms with van der Waals surface area (Å²) in [5.41, 5.74) is 3.55. The average molecular weight is 340 g/mol. The van der Waals surface area contributed by atoms with Crippen LogP contribution < -0.4 is 21.1 Å². The number of ether oxygens (including phenoxy) is 1. The second-order valence-corrected chi connectivity index (χ2v) is 5.84. The molecule has 0 aliphatic carbocycles. The number of hydrogen-bond acceptors (Lipinski definition) is 3. The molecule has 0 aliphatic heterocycles. The number of carbonyl (C=O) groups is 1. The number of urea groups is 1. The van der Waals surface area contributed by atoms with Crippen LogP contribution >= 0.6 is 0 Å². The topological polar surface area (TPSA) is 77.3 Å². The van der Waals surface area contributed by atoms with Crippen LogP contribution in [0.3, 0.4) is 0 Å². The lowest BCUT2D eigenvalue weighted by molar-refractivity contribution is 0.262. The summed E-state index contributed by atoms with van der Waals surface area (Å²) in [6.07, 6.45) is 0. The summed E-state index contributed by atoms with van der Waals surface area (Å²) in [7, 11) is 4.98. The van der Waals surface area contributed by atoms with Gasteiger partial charge in [0.05, 0.1) is 23.8 Å². The van der Waals surface area contributed by atoms with Crippen molar-refractivity contribution in [2.75, 3.05) is 17.7 Å². The fourth-order valence-corrected chi connectivity index (χ4v) is 2.81. The zero-order valence-corrected chi connectivity index (χ0v) is 14.6. The molecule has 0 saturated carbocycles. The van der Waals surface area contributed by atoms with Crippen molar-refractivity contribution in [3.05, 3.63) is 52.4 Å². The van der Waals surface area contributed by atoms with Gasteiger partial charge in [-0.3, -0.25) is 9.13 Å². The molecule has 0 aliphatic rings. The van der Waals surface area contributed by atoms with Crippen LogP contribution in [0.4, 0.5) is 16.2 Å². The highest BCUT2D eigenvalue weighted by atomic mass is 16.5. The second kappa shape index (κ2) is 6.35. The number of fused-ring (bicyclic) bond motifs is 1. The maximum absolute atomic E-state index is 12.3. The summed E-state index contributed by atoms with van der Waals surface area (Å²) in [4.78, 5) is 24.4. The minimum absolute atomic E-state index is 0.106. The van der Waals surface area contributed by atoms with E-state index in [2.05, 4.69) is 10.6 Å². The minimum Gasteiger partial charge on any atom is -0.495 e. The zero-order valence-electron chi connectivity index (χ0n) is 14.6. The number of aromatic nitrogens is 2. The van der Waals surface area contributed by atoms with E-state index in [1.165, 1.54) is 0 Å². The van der Waals surface area contributed by atoms with Gasteiger partial charge in [-0.2, -0.15) is 0 Å². The van der Waals surface area contributed by atoms with E-state index in [1.54, 1.807) is 48.5 Å². The molecular weight excluding hydrogens is 320 g/mol. The average Bonchev–Trinajstić information content (AvgIpc) is 2.80. The summed E-state index contributed by atoms with van der Waals surface area (Å²) < 4.78 is 8.36. The smallest absolute Gasteiger partial charge is 0.328 e. The minimum atomic E-state index is -0.382. The molecular formula is C18H20N4O3. The number of methoxy groups -OCH3 is 1. The third-order valence-corrected chi connectivity index (χ3v) is 4.22. The molecule has 130 valence electrons. The summed E-state index contributed by atoms with van der Waals surface area (Å²) in [5, 5.41) is 5.60. The quantitative estimate of drug-likeness (QED) is 0.770. The first-order valence-electron chi connectivity index (χ1n) is 7.79. The van der Waals surface area contributed by atoms with E-state index < -0.39 is 0 Å². The van der Waals surface area contributed by atoms with E-state index in [1.807, 2.05) is 25.1 Å². The van der Waals surface area contributed by atoms with Gasteiger partial charge in [0.25, 0.3) is 0 Å². The second-order valence-electron chi connectivity index (χ2n) is 5.84. The van der Waals surface area contributed by atoms with Crippen LogP contribution in [0.5, 0.6) is 5.75 Å². The van der Waals surface area contributed by atoms with Crippen LogP contribution in [0, 0.1) is 6.92 Å². The fraction of sp³-hybridized carbons (Fsp3) is 0.222. The lowest BCUT2D eigenvalue weighted by Gasteiger charge is -2.12. The van der Waals surface area contributed by atoms with Gasteiger partial charge >= 0.3 is 11.7 Å². The maximum atomic E-state index is 12.3. The molecule has 0 atom stereocenters. The van der Waals surface area contributed by atoms with Crippen molar-refractivity contribution in [3.8, 4) is 5.75 Å². The van der Waals surface area contributed by atoms with Gasteiger partial charge in [0.2, 0.25) is 0 Å². The van der Waals surface area contributed by atoms with Crippen molar-refractivity contribution >= 4 is 28.4 Å². The van der Waals surface area contributed by atoms with E-state index in [0.717, 1.165) is 16.6 Å². The van der Waals surface area contributed by atoms with E-state index in [9.17, 15) is 9.59 Å². The number of nitrogens with zero attached hydrogens (tertiary/aromatic N) is 2. The van der Waals surface area contributed by atoms with Crippen molar-refractivity contribution in [2.45, 2.75) is 6.92 Å². The van der Waals surface area contributed by atoms with E-state index in [0.29, 0.717) is 17.1 Å². The molecule has 3 rings (SSSR count). The molecule has 0 saturated heterocycles. The predicted molar refractivity (Wildman–Crippen MR) is 98.5 cm³/mol. The number of nitrogens with one attached hydrogen (secondary N) is 2. The predicted octanol–water partition coefficient (Wildman–Crippen LogP) is 2.84. The summed E-state index contributed by atoms with van der Waals surface area (Å²) >= 11 is 0. The number of carbonyl (C=O) groups excluding carboxylic acids is 1. The van der Waals surface area contributed by atoms with Gasteiger partial charge in [-0.15, -0.1) is 0 Å². The Balaban J connectivity index is 1.90. The first kappa shape index (κ1) is 16.6. The molecule has 0 spiro atoms. The molecule has 2 aromatic carbocycles. The van der Waals surface area contributed by atoms with E-state index in [-0.39, 0.29) is 11.7 Å². The summed E-state index contributed by atoms with van der Waals surface area (Å²) in [5.74, 6) is 0.579. The third kappa shape index (κ3) is 2.96. The Hall–Kier alpha value is -3.22. The molecule has 0 fully saturated rings. The summed E-state index contributed by atoms with van der Waals surface area (Å²) in [6.45, 7) is 1.88. The largest absolute Gasteiger partial charge is 0.495 e. The van der Waals surface area contributed by atoms with Gasteiger partial charge in [0.15, 0.2) is 0 Å². The fourth-order valence-electron chi connectivity index (χ4n) is 2.81. The molecule has 1 aromatic heterocycles. The number of anilines is 2. The van der Waals surface area contributed by atoms with Crippen LogP contribution in [0.15, 0.2) is 41.2 Å². The first-order chi connectivity index (χ1) is 11.9. The Morgan fingerprint density at radius 1 is 1.00 bits per heavy atom. The van der Waals surface area contributed by atoms with E-state index in [4.69, 9.17) is 4.74 Å². The Morgan fingerprint density at radius 3 is 2.28 bits per heavy atom. The van der Waals surface area contributed by atoms with Gasteiger partial charge in [0, 0.05) is 19.8 Å². The molecule has 7 nitrogen and oxygen atoms in total. The van der Waals surface area contributed by atoms with Crippen LogP contribution in [-0.4, -0.2) is 22.3 Å². The highest BCUT2D eigenvalue weighted by Gasteiger charge is 2.13. The Bertz CT molecular complexity index is 1020. The normalized spacial score (nSPS) is 10.7. The Labute approximate surface area is 144 Å². The van der Waals surface area contributed by atoms with E-state index >= 15 is 0 Å². The number of rotatable bonds is 3. The Morgan fingerprint density at radius 2 is 1.60 bits per heavy atom. The number of imidazole rings is 1. The van der Waals surface area contributed by atoms with Crippen LogP contribution in [0.1, 0.15) is 5.56 Å². The molecule has 0 unspecified atom stereocenters. The van der Waals surface area contributed by atoms with Gasteiger partial charge in [-0.05, 0) is 36.8 Å². The highest BCUT2D eigenvalue weighted by Crippen LogP contribution is 2.25. The highest BCUT2D eigenvalue weighted by molar-refractivity contribution is 6.02. The molecule has 2 amide bonds. The molecule has 25 heavy (non-hydrogen) atoms. The van der Waals surface area contributed by atoms with Crippen molar-refractivity contribution in [2.24, 2.45) is 14.1 Å². The van der Waals surface area contributed by atoms with Crippen molar-refractivity contribution in [3.63, 3.8) is 0 Å². The monoisotopic (exact) mass is 340 g/mol. The molecule has 7 heteroatoms. The number of hydrogen-bond donors (Lipinski definition) is 2. The molecule has 0 radical (unpaired) electrons. The molecule has 1 heterocycles. The van der Waals surface area contributed by atoms with Crippen LogP contribution in [0.25, 0.3) is 11.0 Å². The third-order valence-electron chi connectivity index (χ3n) is 4.22. The number of amides is 2. The van der Waals surface area contributed by atoms with Gasteiger partial charge in [-0.1, -0.05) is 12.1 Å². The van der Waals surface area contributed by atoms with Gasteiger partial charge in [0.1, 0.15) is 5.75 Å². The van der Waals surface area contributed by atoms with Crippen molar-refractivity contribution in [1.82, 2.24) is 9.13 Å².